The molecule has 1 N–H and O–H groups in total. The molecule has 0 bridgehead atoms. The molecule has 1 aromatic rings. The number of benzene rings is 1. The molecule has 0 amide bonds. The number of hydrogen-bond donors (Lipinski definition) is 1. The van der Waals surface area contributed by atoms with Gasteiger partial charge in [-0.2, -0.15) is 0 Å². The Morgan fingerprint density at radius 3 is 2.25 bits per heavy atom. The lowest BCUT2D eigenvalue weighted by molar-refractivity contribution is -0.0333. The minimum Gasteiger partial charge on any atom is -0.385 e. The van der Waals surface area contributed by atoms with Gasteiger partial charge >= 0.3 is 0 Å². The summed E-state index contributed by atoms with van der Waals surface area (Å²) in [6.07, 6.45) is -1.95. The van der Waals surface area contributed by atoms with Crippen LogP contribution in [-0.4, -0.2) is 11.5 Å². The summed E-state index contributed by atoms with van der Waals surface area (Å²) in [7, 11) is 0. The van der Waals surface area contributed by atoms with Crippen LogP contribution < -0.4 is 0 Å². The van der Waals surface area contributed by atoms with Crippen LogP contribution in [0.1, 0.15) is 37.3 Å². The van der Waals surface area contributed by atoms with Crippen LogP contribution in [-0.2, 0) is 5.60 Å². The SMILES string of the molecule is CCCC(O)(CC(F)F)c1ccc(C)cc1. The van der Waals surface area contributed by atoms with Gasteiger partial charge < -0.3 is 5.11 Å². The second-order valence-electron chi connectivity index (χ2n) is 4.24. The van der Waals surface area contributed by atoms with E-state index in [9.17, 15) is 13.9 Å². The molecule has 0 saturated carbocycles. The Morgan fingerprint density at radius 1 is 1.25 bits per heavy atom. The van der Waals surface area contributed by atoms with Gasteiger partial charge in [-0.25, -0.2) is 8.78 Å². The molecule has 1 aromatic carbocycles. The Balaban J connectivity index is 2.95. The average molecular weight is 228 g/mol. The van der Waals surface area contributed by atoms with E-state index in [1.54, 1.807) is 12.1 Å². The molecule has 0 saturated heterocycles. The largest absolute Gasteiger partial charge is 0.385 e. The number of halogens is 2. The van der Waals surface area contributed by atoms with E-state index >= 15 is 0 Å². The third-order valence-electron chi connectivity index (χ3n) is 2.74. The molecule has 0 heterocycles. The maximum absolute atomic E-state index is 12.5. The topological polar surface area (TPSA) is 20.2 Å². The fraction of sp³-hybridized carbons (Fsp3) is 0.538. The van der Waals surface area contributed by atoms with E-state index in [4.69, 9.17) is 0 Å². The van der Waals surface area contributed by atoms with Crippen molar-refractivity contribution in [1.29, 1.82) is 0 Å². The van der Waals surface area contributed by atoms with Crippen LogP contribution in [0.5, 0.6) is 0 Å². The van der Waals surface area contributed by atoms with Gasteiger partial charge in [-0.1, -0.05) is 43.2 Å². The summed E-state index contributed by atoms with van der Waals surface area (Å²) in [6, 6.07) is 7.13. The molecule has 1 nitrogen and oxygen atoms in total. The zero-order chi connectivity index (χ0) is 12.2. The van der Waals surface area contributed by atoms with Crippen molar-refractivity contribution < 1.29 is 13.9 Å². The second-order valence-corrected chi connectivity index (χ2v) is 4.24. The zero-order valence-corrected chi connectivity index (χ0v) is 9.71. The first-order valence-corrected chi connectivity index (χ1v) is 5.55. The van der Waals surface area contributed by atoms with Gasteiger partial charge in [-0.3, -0.25) is 0 Å². The fourth-order valence-electron chi connectivity index (χ4n) is 1.90. The van der Waals surface area contributed by atoms with E-state index < -0.39 is 18.4 Å². The minimum atomic E-state index is -2.49. The van der Waals surface area contributed by atoms with Crippen LogP contribution in [0, 0.1) is 6.92 Å². The Bertz CT molecular complexity index is 321. The lowest BCUT2D eigenvalue weighted by Gasteiger charge is -2.28. The summed E-state index contributed by atoms with van der Waals surface area (Å²) < 4.78 is 24.9. The maximum atomic E-state index is 12.5. The molecule has 0 spiro atoms. The Morgan fingerprint density at radius 2 is 1.81 bits per heavy atom. The summed E-state index contributed by atoms with van der Waals surface area (Å²) >= 11 is 0. The van der Waals surface area contributed by atoms with Gasteiger partial charge in [0.15, 0.2) is 0 Å². The first-order chi connectivity index (χ1) is 7.48. The quantitative estimate of drug-likeness (QED) is 0.815. The van der Waals surface area contributed by atoms with Crippen molar-refractivity contribution in [2.75, 3.05) is 0 Å². The number of alkyl halides is 2. The summed E-state index contributed by atoms with van der Waals surface area (Å²) in [4.78, 5) is 0. The molecule has 1 atom stereocenters. The number of aryl methyl sites for hydroxylation is 1. The van der Waals surface area contributed by atoms with Crippen LogP contribution in [0.25, 0.3) is 0 Å². The van der Waals surface area contributed by atoms with Crippen molar-refractivity contribution in [3.8, 4) is 0 Å². The molecular formula is C13H18F2O. The Labute approximate surface area is 95.1 Å². The molecule has 16 heavy (non-hydrogen) atoms. The first-order valence-electron chi connectivity index (χ1n) is 5.55. The number of hydrogen-bond acceptors (Lipinski definition) is 1. The van der Waals surface area contributed by atoms with Gasteiger partial charge in [0.1, 0.15) is 0 Å². The predicted octanol–water partition coefficient (Wildman–Crippen LogP) is 3.64. The number of rotatable bonds is 5. The normalized spacial score (nSPS) is 15.1. The van der Waals surface area contributed by atoms with Crippen LogP contribution in [0.15, 0.2) is 24.3 Å². The third kappa shape index (κ3) is 3.27. The van der Waals surface area contributed by atoms with E-state index in [0.29, 0.717) is 18.4 Å². The van der Waals surface area contributed by atoms with Crippen LogP contribution in [0.2, 0.25) is 0 Å². The van der Waals surface area contributed by atoms with Crippen molar-refractivity contribution in [1.82, 2.24) is 0 Å². The summed E-state index contributed by atoms with van der Waals surface area (Å²) in [6.45, 7) is 3.81. The highest BCUT2D eigenvalue weighted by Crippen LogP contribution is 2.32. The van der Waals surface area contributed by atoms with Crippen LogP contribution in [0.4, 0.5) is 8.78 Å². The van der Waals surface area contributed by atoms with Crippen molar-refractivity contribution in [3.05, 3.63) is 35.4 Å². The average Bonchev–Trinajstić information content (AvgIpc) is 2.17. The smallest absolute Gasteiger partial charge is 0.241 e. The van der Waals surface area contributed by atoms with E-state index in [1.807, 2.05) is 26.0 Å². The van der Waals surface area contributed by atoms with Crippen LogP contribution >= 0.6 is 0 Å². The highest BCUT2D eigenvalue weighted by molar-refractivity contribution is 5.26. The van der Waals surface area contributed by atoms with E-state index in [-0.39, 0.29) is 0 Å². The molecule has 3 heteroatoms. The lowest BCUT2D eigenvalue weighted by Crippen LogP contribution is -2.28. The standard InChI is InChI=1S/C13H18F2O/c1-3-8-13(16,9-12(14)15)11-6-4-10(2)5-7-11/h4-7,12,16H,3,8-9H2,1-2H3. The van der Waals surface area contributed by atoms with Gasteiger partial charge in [0.25, 0.3) is 0 Å². The first kappa shape index (κ1) is 13.1. The Hall–Kier alpha value is -0.960. The van der Waals surface area contributed by atoms with Gasteiger partial charge in [-0.15, -0.1) is 0 Å². The number of aliphatic hydroxyl groups is 1. The van der Waals surface area contributed by atoms with E-state index in [0.717, 1.165) is 5.56 Å². The fourth-order valence-corrected chi connectivity index (χ4v) is 1.90. The van der Waals surface area contributed by atoms with Crippen molar-refractivity contribution in [2.24, 2.45) is 0 Å². The van der Waals surface area contributed by atoms with Gasteiger partial charge in [0, 0.05) is 6.42 Å². The Kier molecular flexibility index (Phi) is 4.42. The highest BCUT2D eigenvalue weighted by Gasteiger charge is 2.31. The monoisotopic (exact) mass is 228 g/mol. The second kappa shape index (κ2) is 5.39. The van der Waals surface area contributed by atoms with Crippen LogP contribution in [0.3, 0.4) is 0 Å². The predicted molar refractivity (Wildman–Crippen MR) is 60.6 cm³/mol. The zero-order valence-electron chi connectivity index (χ0n) is 9.71. The molecule has 0 aliphatic heterocycles. The molecule has 1 rings (SSSR count). The van der Waals surface area contributed by atoms with Crippen molar-refractivity contribution >= 4 is 0 Å². The third-order valence-corrected chi connectivity index (χ3v) is 2.74. The highest BCUT2D eigenvalue weighted by atomic mass is 19.3. The molecule has 0 radical (unpaired) electrons. The molecule has 0 aliphatic carbocycles. The van der Waals surface area contributed by atoms with Gasteiger partial charge in [0.2, 0.25) is 6.43 Å². The molecule has 1 unspecified atom stereocenters. The molecule has 0 aromatic heterocycles. The van der Waals surface area contributed by atoms with Gasteiger partial charge in [0.05, 0.1) is 5.60 Å². The van der Waals surface area contributed by atoms with Gasteiger partial charge in [-0.05, 0) is 18.9 Å². The van der Waals surface area contributed by atoms with E-state index in [1.165, 1.54) is 0 Å². The lowest BCUT2D eigenvalue weighted by atomic mass is 9.86. The summed E-state index contributed by atoms with van der Waals surface area (Å²) in [5.74, 6) is 0. The molecule has 90 valence electrons. The summed E-state index contributed by atoms with van der Waals surface area (Å²) in [5, 5.41) is 10.3. The molecule has 0 fully saturated rings. The van der Waals surface area contributed by atoms with Crippen molar-refractivity contribution in [2.45, 2.75) is 45.1 Å². The molecular weight excluding hydrogens is 210 g/mol. The van der Waals surface area contributed by atoms with E-state index in [2.05, 4.69) is 0 Å². The van der Waals surface area contributed by atoms with Crippen molar-refractivity contribution in [3.63, 3.8) is 0 Å². The summed E-state index contributed by atoms with van der Waals surface area (Å²) in [5.41, 5.74) is 0.247. The maximum Gasteiger partial charge on any atom is 0.241 e. The minimum absolute atomic E-state index is 0.362. The molecule has 0 aliphatic rings.